The van der Waals surface area contributed by atoms with Crippen molar-refractivity contribution in [3.8, 4) is 0 Å². The van der Waals surface area contributed by atoms with Crippen molar-refractivity contribution in [3.63, 3.8) is 0 Å². The second-order valence-electron chi connectivity index (χ2n) is 6.25. The highest BCUT2D eigenvalue weighted by molar-refractivity contribution is 5.74. The Morgan fingerprint density at radius 1 is 0.750 bits per heavy atom. The predicted molar refractivity (Wildman–Crippen MR) is 90.0 cm³/mol. The molecule has 0 saturated carbocycles. The number of amides is 4. The summed E-state index contributed by atoms with van der Waals surface area (Å²) in [6.45, 7) is 3.91. The van der Waals surface area contributed by atoms with Gasteiger partial charge in [0.05, 0.1) is 12.2 Å². The van der Waals surface area contributed by atoms with Crippen LogP contribution in [0.1, 0.15) is 38.5 Å². The quantitative estimate of drug-likeness (QED) is 0.464. The summed E-state index contributed by atoms with van der Waals surface area (Å²) in [5, 5.41) is 11.2. The molecule has 2 atom stereocenters. The van der Waals surface area contributed by atoms with Crippen LogP contribution in [0.5, 0.6) is 0 Å². The highest BCUT2D eigenvalue weighted by Crippen LogP contribution is 2.10. The summed E-state index contributed by atoms with van der Waals surface area (Å²) in [6, 6.07) is -0.319. The lowest BCUT2D eigenvalue weighted by molar-refractivity contribution is 0.111. The van der Waals surface area contributed by atoms with Gasteiger partial charge in [-0.3, -0.25) is 0 Å². The zero-order valence-electron chi connectivity index (χ0n) is 14.3. The fourth-order valence-electron chi connectivity index (χ4n) is 2.80. The van der Waals surface area contributed by atoms with Gasteiger partial charge in [0.2, 0.25) is 0 Å². The number of nitrogens with one attached hydrogen (secondary N) is 4. The van der Waals surface area contributed by atoms with Crippen molar-refractivity contribution in [1.29, 1.82) is 0 Å². The second-order valence-corrected chi connectivity index (χ2v) is 6.25. The zero-order chi connectivity index (χ0) is 17.0. The molecule has 8 nitrogen and oxygen atoms in total. The number of hydrogen-bond donors (Lipinski definition) is 4. The molecular formula is C16H30N4O4. The van der Waals surface area contributed by atoms with E-state index in [1.54, 1.807) is 0 Å². The van der Waals surface area contributed by atoms with E-state index in [0.29, 0.717) is 26.2 Å². The largest absolute Gasteiger partial charge is 0.376 e. The van der Waals surface area contributed by atoms with Crippen LogP contribution in [0.4, 0.5) is 9.59 Å². The molecule has 24 heavy (non-hydrogen) atoms. The third kappa shape index (κ3) is 7.83. The molecule has 4 amide bonds. The first-order chi connectivity index (χ1) is 11.7. The normalized spacial score (nSPS) is 23.0. The van der Waals surface area contributed by atoms with Crippen molar-refractivity contribution in [1.82, 2.24) is 21.3 Å². The van der Waals surface area contributed by atoms with Crippen molar-refractivity contribution in [2.75, 3.05) is 39.4 Å². The van der Waals surface area contributed by atoms with E-state index < -0.39 is 0 Å². The molecule has 0 aromatic rings. The van der Waals surface area contributed by atoms with Crippen molar-refractivity contribution < 1.29 is 19.1 Å². The smallest absolute Gasteiger partial charge is 0.314 e. The van der Waals surface area contributed by atoms with E-state index in [1.165, 1.54) is 0 Å². The van der Waals surface area contributed by atoms with Crippen LogP contribution in [0, 0.1) is 0 Å². The van der Waals surface area contributed by atoms with Crippen molar-refractivity contribution in [2.45, 2.75) is 50.7 Å². The van der Waals surface area contributed by atoms with Crippen LogP contribution in [0.25, 0.3) is 0 Å². The average Bonchev–Trinajstić information content (AvgIpc) is 3.27. The summed E-state index contributed by atoms with van der Waals surface area (Å²) in [5.74, 6) is 0. The Labute approximate surface area is 143 Å². The van der Waals surface area contributed by atoms with Gasteiger partial charge in [-0.15, -0.1) is 0 Å². The summed E-state index contributed by atoms with van der Waals surface area (Å²) in [4.78, 5) is 23.2. The molecule has 0 bridgehead atoms. The summed E-state index contributed by atoms with van der Waals surface area (Å²) in [5.41, 5.74) is 0. The first kappa shape index (κ1) is 18.8. The lowest BCUT2D eigenvalue weighted by Gasteiger charge is -2.12. The Hall–Kier alpha value is -1.54. The van der Waals surface area contributed by atoms with Gasteiger partial charge in [0.1, 0.15) is 0 Å². The molecule has 138 valence electrons. The van der Waals surface area contributed by atoms with Gasteiger partial charge in [0.25, 0.3) is 0 Å². The van der Waals surface area contributed by atoms with Crippen LogP contribution in [0.2, 0.25) is 0 Å². The summed E-state index contributed by atoms with van der Waals surface area (Å²) < 4.78 is 10.9. The standard InChI is InChI=1S/C16H30N4O4/c21-15(19-11-13-5-3-9-23-13)17-7-1-2-8-18-16(22)20-12-14-6-4-10-24-14/h13-14H,1-12H2,(H2,17,19,21)(H2,18,20,22)/t13-,14+. The maximum Gasteiger partial charge on any atom is 0.314 e. The molecule has 0 unspecified atom stereocenters. The molecule has 0 spiro atoms. The Bertz CT molecular complexity index is 346. The molecule has 2 fully saturated rings. The van der Waals surface area contributed by atoms with Gasteiger partial charge in [0, 0.05) is 39.4 Å². The molecule has 0 aromatic heterocycles. The highest BCUT2D eigenvalue weighted by atomic mass is 16.5. The first-order valence-electron chi connectivity index (χ1n) is 9.00. The van der Waals surface area contributed by atoms with E-state index in [2.05, 4.69) is 21.3 Å². The fourth-order valence-corrected chi connectivity index (χ4v) is 2.80. The van der Waals surface area contributed by atoms with Crippen LogP contribution in [0.3, 0.4) is 0 Å². The van der Waals surface area contributed by atoms with E-state index >= 15 is 0 Å². The number of hydrogen-bond acceptors (Lipinski definition) is 4. The molecule has 4 N–H and O–H groups in total. The maximum absolute atomic E-state index is 11.6. The Morgan fingerprint density at radius 2 is 1.21 bits per heavy atom. The van der Waals surface area contributed by atoms with Gasteiger partial charge in [-0.2, -0.15) is 0 Å². The second kappa shape index (κ2) is 11.1. The number of urea groups is 2. The van der Waals surface area contributed by atoms with Crippen LogP contribution in [0.15, 0.2) is 0 Å². The molecule has 2 aliphatic rings. The molecule has 2 heterocycles. The fraction of sp³-hybridized carbons (Fsp3) is 0.875. The minimum Gasteiger partial charge on any atom is -0.376 e. The molecule has 0 radical (unpaired) electrons. The van der Waals surface area contributed by atoms with Gasteiger partial charge < -0.3 is 30.7 Å². The van der Waals surface area contributed by atoms with Gasteiger partial charge >= 0.3 is 12.1 Å². The SMILES string of the molecule is O=C(NCCCCNC(=O)NC[C@@H]1CCCO1)NC[C@H]1CCCO1. The van der Waals surface area contributed by atoms with Gasteiger partial charge in [-0.25, -0.2) is 9.59 Å². The molecular weight excluding hydrogens is 312 g/mol. The number of rotatable bonds is 9. The van der Waals surface area contributed by atoms with E-state index in [-0.39, 0.29) is 24.3 Å². The Balaban J connectivity index is 1.36. The van der Waals surface area contributed by atoms with E-state index in [1.807, 2.05) is 0 Å². The predicted octanol–water partition coefficient (Wildman–Crippen LogP) is 0.723. The van der Waals surface area contributed by atoms with E-state index in [0.717, 1.165) is 51.7 Å². The summed E-state index contributed by atoms with van der Waals surface area (Å²) >= 11 is 0. The molecule has 2 saturated heterocycles. The molecule has 8 heteroatoms. The minimum absolute atomic E-state index is 0.159. The van der Waals surface area contributed by atoms with Crippen LogP contribution in [-0.4, -0.2) is 63.7 Å². The highest BCUT2D eigenvalue weighted by Gasteiger charge is 2.16. The lowest BCUT2D eigenvalue weighted by atomic mass is 10.2. The Morgan fingerprint density at radius 3 is 1.58 bits per heavy atom. The van der Waals surface area contributed by atoms with Crippen molar-refractivity contribution in [3.05, 3.63) is 0 Å². The Kier molecular flexibility index (Phi) is 8.69. The minimum atomic E-state index is -0.159. The van der Waals surface area contributed by atoms with Crippen LogP contribution in [-0.2, 0) is 9.47 Å². The lowest BCUT2D eigenvalue weighted by Crippen LogP contribution is -2.41. The summed E-state index contributed by atoms with van der Waals surface area (Å²) in [6.07, 6.45) is 6.13. The molecule has 2 rings (SSSR count). The van der Waals surface area contributed by atoms with Gasteiger partial charge in [-0.1, -0.05) is 0 Å². The van der Waals surface area contributed by atoms with Gasteiger partial charge in [-0.05, 0) is 38.5 Å². The van der Waals surface area contributed by atoms with Gasteiger partial charge in [0.15, 0.2) is 0 Å². The average molecular weight is 342 g/mol. The molecule has 0 aliphatic carbocycles. The number of ether oxygens (including phenoxy) is 2. The summed E-state index contributed by atoms with van der Waals surface area (Å²) in [7, 11) is 0. The maximum atomic E-state index is 11.6. The monoisotopic (exact) mass is 342 g/mol. The van der Waals surface area contributed by atoms with E-state index in [4.69, 9.17) is 9.47 Å². The number of carbonyl (C=O) groups is 2. The molecule has 0 aromatic carbocycles. The third-order valence-corrected chi connectivity index (χ3v) is 4.20. The zero-order valence-corrected chi connectivity index (χ0v) is 14.3. The number of unbranched alkanes of at least 4 members (excludes halogenated alkanes) is 1. The topological polar surface area (TPSA) is 101 Å². The van der Waals surface area contributed by atoms with Crippen LogP contribution < -0.4 is 21.3 Å². The number of carbonyl (C=O) groups excluding carboxylic acids is 2. The van der Waals surface area contributed by atoms with E-state index in [9.17, 15) is 9.59 Å². The van der Waals surface area contributed by atoms with Crippen LogP contribution >= 0.6 is 0 Å². The van der Waals surface area contributed by atoms with Crippen molar-refractivity contribution >= 4 is 12.1 Å². The van der Waals surface area contributed by atoms with Crippen molar-refractivity contribution in [2.24, 2.45) is 0 Å². The third-order valence-electron chi connectivity index (χ3n) is 4.20. The first-order valence-corrected chi connectivity index (χ1v) is 9.00. The molecule has 2 aliphatic heterocycles.